The standard InChI is InChI=1S/C27H24N2O8S/c1-5-37-18-8-6-7-17(13-18)21(30)19-20(15-9-11-16(12-10-15)25(33)35-3)29(24(32)22(19)31)27-28-14(2)23(38-27)26(34)36-4/h6-13,20,30H,5H2,1-4H3. The SMILES string of the molecule is CCOc1cccc(C(O)=C2C(=O)C(=O)N(c3nc(C)c(C(=O)OC)s3)C2c2ccc(C(=O)OC)cc2)c1. The maximum atomic E-state index is 13.4. The number of hydrogen-bond donors (Lipinski definition) is 1. The Kier molecular flexibility index (Phi) is 7.58. The summed E-state index contributed by atoms with van der Waals surface area (Å²) in [5.41, 5.74) is 1.10. The lowest BCUT2D eigenvalue weighted by molar-refractivity contribution is -0.132. The van der Waals surface area contributed by atoms with Crippen LogP contribution in [0.1, 0.15) is 49.8 Å². The summed E-state index contributed by atoms with van der Waals surface area (Å²) in [4.78, 5) is 56.6. The largest absolute Gasteiger partial charge is 0.507 e. The normalized spacial score (nSPS) is 16.4. The number of carbonyl (C=O) groups excluding carboxylic acids is 4. The second-order valence-electron chi connectivity index (χ2n) is 8.15. The van der Waals surface area contributed by atoms with Crippen molar-refractivity contribution in [3.8, 4) is 5.75 Å². The highest BCUT2D eigenvalue weighted by molar-refractivity contribution is 7.17. The van der Waals surface area contributed by atoms with Crippen LogP contribution in [-0.4, -0.2) is 54.5 Å². The molecule has 196 valence electrons. The van der Waals surface area contributed by atoms with Crippen molar-refractivity contribution in [3.05, 3.63) is 81.4 Å². The third kappa shape index (κ3) is 4.75. The summed E-state index contributed by atoms with van der Waals surface area (Å²) >= 11 is 0.893. The van der Waals surface area contributed by atoms with E-state index in [0.717, 1.165) is 16.2 Å². The molecule has 1 aliphatic heterocycles. The summed E-state index contributed by atoms with van der Waals surface area (Å²) in [6, 6.07) is 11.5. The van der Waals surface area contributed by atoms with Crippen LogP contribution < -0.4 is 9.64 Å². The predicted octanol–water partition coefficient (Wildman–Crippen LogP) is 4.05. The van der Waals surface area contributed by atoms with Crippen molar-refractivity contribution in [1.29, 1.82) is 0 Å². The lowest BCUT2D eigenvalue weighted by atomic mass is 9.94. The fraction of sp³-hybridized carbons (Fsp3) is 0.222. The number of rotatable bonds is 7. The van der Waals surface area contributed by atoms with Gasteiger partial charge in [-0.05, 0) is 43.7 Å². The van der Waals surface area contributed by atoms with Crippen LogP contribution in [0, 0.1) is 6.92 Å². The molecule has 4 rings (SSSR count). The zero-order chi connectivity index (χ0) is 27.6. The molecule has 1 N–H and O–H groups in total. The molecular formula is C27H24N2O8S. The second kappa shape index (κ2) is 10.9. The Morgan fingerprint density at radius 3 is 2.34 bits per heavy atom. The Bertz CT molecular complexity index is 1460. The molecule has 3 aromatic rings. The molecule has 0 spiro atoms. The zero-order valence-corrected chi connectivity index (χ0v) is 21.8. The van der Waals surface area contributed by atoms with Gasteiger partial charge in [-0.1, -0.05) is 35.6 Å². The Morgan fingerprint density at radius 1 is 1.03 bits per heavy atom. The maximum Gasteiger partial charge on any atom is 0.350 e. The molecule has 0 saturated carbocycles. The van der Waals surface area contributed by atoms with Crippen molar-refractivity contribution >= 4 is 45.9 Å². The van der Waals surface area contributed by atoms with Gasteiger partial charge in [-0.15, -0.1) is 0 Å². The summed E-state index contributed by atoms with van der Waals surface area (Å²) < 4.78 is 15.1. The van der Waals surface area contributed by atoms with Gasteiger partial charge in [-0.25, -0.2) is 14.6 Å². The number of amides is 1. The van der Waals surface area contributed by atoms with E-state index < -0.39 is 35.4 Å². The van der Waals surface area contributed by atoms with E-state index in [9.17, 15) is 24.3 Å². The molecule has 1 saturated heterocycles. The van der Waals surface area contributed by atoms with Crippen molar-refractivity contribution in [1.82, 2.24) is 4.98 Å². The summed E-state index contributed by atoms with van der Waals surface area (Å²) in [7, 11) is 2.48. The first-order valence-corrected chi connectivity index (χ1v) is 12.3. The number of Topliss-reactive ketones (excluding diaryl/α,β-unsaturated/α-hetero) is 1. The van der Waals surface area contributed by atoms with E-state index in [1.807, 2.05) is 6.92 Å². The van der Waals surface area contributed by atoms with E-state index in [4.69, 9.17) is 14.2 Å². The van der Waals surface area contributed by atoms with Gasteiger partial charge in [-0.3, -0.25) is 14.5 Å². The molecule has 2 heterocycles. The van der Waals surface area contributed by atoms with Crippen LogP contribution in [0.4, 0.5) is 5.13 Å². The lowest BCUT2D eigenvalue weighted by Gasteiger charge is -2.23. The number of methoxy groups -OCH3 is 2. The molecule has 1 atom stereocenters. The van der Waals surface area contributed by atoms with E-state index in [2.05, 4.69) is 4.98 Å². The maximum absolute atomic E-state index is 13.4. The third-order valence-corrected chi connectivity index (χ3v) is 7.01. The Labute approximate surface area is 222 Å². The van der Waals surface area contributed by atoms with Crippen molar-refractivity contribution in [2.75, 3.05) is 25.7 Å². The van der Waals surface area contributed by atoms with Crippen LogP contribution in [0.5, 0.6) is 5.75 Å². The minimum absolute atomic E-state index is 0.0779. The predicted molar refractivity (Wildman–Crippen MR) is 138 cm³/mol. The average Bonchev–Trinajstić information content (AvgIpc) is 3.44. The number of carbonyl (C=O) groups is 4. The monoisotopic (exact) mass is 536 g/mol. The van der Waals surface area contributed by atoms with Gasteiger partial charge in [0.25, 0.3) is 5.78 Å². The number of thiazole rings is 1. The molecule has 10 nitrogen and oxygen atoms in total. The molecule has 0 aliphatic carbocycles. The van der Waals surface area contributed by atoms with Crippen LogP contribution in [0.15, 0.2) is 54.1 Å². The molecular weight excluding hydrogens is 512 g/mol. The van der Waals surface area contributed by atoms with Gasteiger partial charge in [0.15, 0.2) is 5.13 Å². The highest BCUT2D eigenvalue weighted by atomic mass is 32.1. The van der Waals surface area contributed by atoms with Crippen LogP contribution in [0.2, 0.25) is 0 Å². The zero-order valence-electron chi connectivity index (χ0n) is 21.0. The number of nitrogens with zero attached hydrogens (tertiary/aromatic N) is 2. The first kappa shape index (κ1) is 26.6. The first-order chi connectivity index (χ1) is 18.2. The van der Waals surface area contributed by atoms with Crippen LogP contribution in [0.3, 0.4) is 0 Å². The Hall–Kier alpha value is -4.51. The smallest absolute Gasteiger partial charge is 0.350 e. The topological polar surface area (TPSA) is 132 Å². The van der Waals surface area contributed by atoms with Crippen molar-refractivity contribution in [3.63, 3.8) is 0 Å². The molecule has 1 unspecified atom stereocenters. The number of ether oxygens (including phenoxy) is 3. The lowest BCUT2D eigenvalue weighted by Crippen LogP contribution is -2.29. The Morgan fingerprint density at radius 2 is 1.71 bits per heavy atom. The fourth-order valence-corrected chi connectivity index (χ4v) is 5.10. The fourth-order valence-electron chi connectivity index (χ4n) is 4.09. The molecule has 2 aromatic carbocycles. The second-order valence-corrected chi connectivity index (χ2v) is 9.12. The number of aliphatic hydroxyl groups excluding tert-OH is 1. The molecule has 1 fully saturated rings. The van der Waals surface area contributed by atoms with E-state index in [-0.39, 0.29) is 26.7 Å². The summed E-state index contributed by atoms with van der Waals surface area (Å²) in [5.74, 6) is -2.98. The van der Waals surface area contributed by atoms with Crippen molar-refractivity contribution in [2.24, 2.45) is 0 Å². The van der Waals surface area contributed by atoms with Crippen molar-refractivity contribution in [2.45, 2.75) is 19.9 Å². The highest BCUT2D eigenvalue weighted by Gasteiger charge is 2.48. The quantitative estimate of drug-likeness (QED) is 0.205. The van der Waals surface area contributed by atoms with E-state index in [0.29, 0.717) is 23.6 Å². The molecule has 1 amide bonds. The number of anilines is 1. The first-order valence-electron chi connectivity index (χ1n) is 11.5. The molecule has 38 heavy (non-hydrogen) atoms. The van der Waals surface area contributed by atoms with Gasteiger partial charge in [0.1, 0.15) is 16.4 Å². The summed E-state index contributed by atoms with van der Waals surface area (Å²) in [5, 5.41) is 11.4. The number of aliphatic hydroxyl groups is 1. The van der Waals surface area contributed by atoms with E-state index >= 15 is 0 Å². The number of hydrogen-bond acceptors (Lipinski definition) is 10. The van der Waals surface area contributed by atoms with Crippen molar-refractivity contribution < 1.29 is 38.5 Å². The molecule has 1 aromatic heterocycles. The number of aryl methyl sites for hydroxylation is 1. The molecule has 0 radical (unpaired) electrons. The average molecular weight is 537 g/mol. The minimum atomic E-state index is -1.10. The van der Waals surface area contributed by atoms with Gasteiger partial charge in [-0.2, -0.15) is 0 Å². The third-order valence-electron chi connectivity index (χ3n) is 5.87. The number of aromatic nitrogens is 1. The highest BCUT2D eigenvalue weighted by Crippen LogP contribution is 2.44. The van der Waals surface area contributed by atoms with Gasteiger partial charge < -0.3 is 19.3 Å². The van der Waals surface area contributed by atoms with E-state index in [1.165, 1.54) is 26.4 Å². The van der Waals surface area contributed by atoms with Gasteiger partial charge >= 0.3 is 17.8 Å². The minimum Gasteiger partial charge on any atom is -0.507 e. The van der Waals surface area contributed by atoms with Gasteiger partial charge in [0.2, 0.25) is 0 Å². The molecule has 1 aliphatic rings. The van der Waals surface area contributed by atoms with Crippen LogP contribution >= 0.6 is 11.3 Å². The van der Waals surface area contributed by atoms with E-state index in [1.54, 1.807) is 43.3 Å². The number of esters is 2. The summed E-state index contributed by atoms with van der Waals surface area (Å²) in [6.07, 6.45) is 0. The number of benzene rings is 2. The Balaban J connectivity index is 1.92. The summed E-state index contributed by atoms with van der Waals surface area (Å²) in [6.45, 7) is 3.80. The van der Waals surface area contributed by atoms with Gasteiger partial charge in [0, 0.05) is 5.56 Å². The van der Waals surface area contributed by atoms with Gasteiger partial charge in [0.05, 0.1) is 43.7 Å². The van der Waals surface area contributed by atoms with Crippen LogP contribution in [-0.2, 0) is 19.1 Å². The molecule has 11 heteroatoms. The van der Waals surface area contributed by atoms with Crippen LogP contribution in [0.25, 0.3) is 5.76 Å². The number of ketones is 1. The molecule has 0 bridgehead atoms.